The van der Waals surface area contributed by atoms with Crippen LogP contribution in [0.1, 0.15) is 0 Å². The monoisotopic (exact) mass is 138 g/mol. The second kappa shape index (κ2) is 20.6. The van der Waals surface area contributed by atoms with E-state index in [1.165, 1.54) is 0 Å². The van der Waals surface area contributed by atoms with E-state index in [1.807, 2.05) is 0 Å². The smallest absolute Gasteiger partial charge is 0.358 e. The molecule has 0 fully saturated rings. The predicted octanol–water partition coefficient (Wildman–Crippen LogP) is -2.13. The summed E-state index contributed by atoms with van der Waals surface area (Å²) in [6, 6.07) is 0. The van der Waals surface area contributed by atoms with Gasteiger partial charge in [-0.2, -0.15) is 0 Å². The van der Waals surface area contributed by atoms with Gasteiger partial charge in [-0.05, 0) is 0 Å². The van der Waals surface area contributed by atoms with Crippen LogP contribution in [-0.4, -0.2) is 0 Å². The number of hydrogen-bond acceptors (Lipinski definition) is 0. The van der Waals surface area contributed by atoms with Crippen molar-refractivity contribution in [1.29, 1.82) is 0 Å². The predicted molar refractivity (Wildman–Crippen MR) is 13.7 cm³/mol. The van der Waals surface area contributed by atoms with E-state index in [0.29, 0.717) is 0 Å². The molecule has 0 saturated heterocycles. The second-order valence-corrected chi connectivity index (χ2v) is 0. The van der Waals surface area contributed by atoms with E-state index in [4.69, 9.17) is 0 Å². The Kier molecular flexibility index (Phi) is 200. The Morgan fingerprint density at radius 1 is 1.00 bits per heavy atom. The van der Waals surface area contributed by atoms with Crippen molar-refractivity contribution in [2.45, 2.75) is 0 Å². The molecular formula is CH4ClNaZn. The summed E-state index contributed by atoms with van der Waals surface area (Å²) in [5, 5.41) is 0. The molecule has 0 amide bonds. The minimum atomic E-state index is 0. The Hall–Kier alpha value is 1.91. The standard InChI is InChI=1S/CH3.ClH.Na.Zn/h1H3;1H;;/q-1;;+1;. The molecule has 0 unspecified atom stereocenters. The summed E-state index contributed by atoms with van der Waals surface area (Å²) >= 11 is 0. The summed E-state index contributed by atoms with van der Waals surface area (Å²) in [6.45, 7) is 0. The molecule has 0 atom stereocenters. The molecule has 0 aromatic rings. The zero-order valence-electron chi connectivity index (χ0n) is 3.12. The van der Waals surface area contributed by atoms with Crippen LogP contribution in [-0.2, 0) is 19.5 Å². The molecule has 0 aromatic carbocycles. The maximum Gasteiger partial charge on any atom is 1.00 e. The maximum absolute atomic E-state index is 0. The van der Waals surface area contributed by atoms with Gasteiger partial charge in [-0.15, -0.1) is 12.4 Å². The Labute approximate surface area is 68.2 Å². The fraction of sp³-hybridized carbons (Fsp3) is 0. The molecule has 0 N–H and O–H groups in total. The van der Waals surface area contributed by atoms with Crippen molar-refractivity contribution >= 4 is 12.4 Å². The average molecular weight is 140 g/mol. The normalized spacial score (nSPS) is 0. The Morgan fingerprint density at radius 2 is 1.00 bits per heavy atom. The third-order valence-corrected chi connectivity index (χ3v) is 0. The Morgan fingerprint density at radius 3 is 1.00 bits per heavy atom. The summed E-state index contributed by atoms with van der Waals surface area (Å²) in [7, 11) is 0. The van der Waals surface area contributed by atoms with Crippen LogP contribution in [0.4, 0.5) is 0 Å². The molecule has 4 heavy (non-hydrogen) atoms. The minimum Gasteiger partial charge on any atom is -0.358 e. The fourth-order valence-electron chi connectivity index (χ4n) is 0. The number of rotatable bonds is 0. The quantitative estimate of drug-likeness (QED) is 0.266. The van der Waals surface area contributed by atoms with Gasteiger partial charge in [0, 0.05) is 19.5 Å². The van der Waals surface area contributed by atoms with Crippen molar-refractivity contribution in [2.75, 3.05) is 0 Å². The molecule has 0 bridgehead atoms. The first-order valence-corrected chi connectivity index (χ1v) is 0. The summed E-state index contributed by atoms with van der Waals surface area (Å²) in [5.41, 5.74) is 0. The molecule has 0 rings (SSSR count). The van der Waals surface area contributed by atoms with Gasteiger partial charge in [0.25, 0.3) is 0 Å². The van der Waals surface area contributed by atoms with E-state index in [-0.39, 0.29) is 68.9 Å². The van der Waals surface area contributed by atoms with Crippen molar-refractivity contribution in [3.63, 3.8) is 0 Å². The molecule has 0 aliphatic heterocycles. The molecule has 3 heteroatoms. The molecule has 0 saturated carbocycles. The molecule has 0 nitrogen and oxygen atoms in total. The van der Waals surface area contributed by atoms with Gasteiger partial charge in [0.2, 0.25) is 0 Å². The Bertz CT molecular complexity index is 8.00. The second-order valence-electron chi connectivity index (χ2n) is 0. The van der Waals surface area contributed by atoms with Gasteiger partial charge in [0.1, 0.15) is 0 Å². The van der Waals surface area contributed by atoms with Gasteiger partial charge in [-0.25, -0.2) is 0 Å². The Balaban J connectivity index is 0. The zero-order valence-corrected chi connectivity index (χ0v) is 8.90. The van der Waals surface area contributed by atoms with E-state index in [1.54, 1.807) is 0 Å². The van der Waals surface area contributed by atoms with E-state index in [0.717, 1.165) is 0 Å². The number of hydrogen-bond donors (Lipinski definition) is 0. The summed E-state index contributed by atoms with van der Waals surface area (Å²) < 4.78 is 0. The van der Waals surface area contributed by atoms with E-state index in [9.17, 15) is 0 Å². The van der Waals surface area contributed by atoms with Crippen LogP contribution < -0.4 is 29.6 Å². The van der Waals surface area contributed by atoms with Crippen molar-refractivity contribution in [1.82, 2.24) is 0 Å². The molecular weight excluding hydrogens is 136 g/mol. The van der Waals surface area contributed by atoms with Crippen LogP contribution in [0.25, 0.3) is 0 Å². The molecule has 0 heterocycles. The third-order valence-electron chi connectivity index (χ3n) is 0. The average Bonchev–Trinajstić information content (AvgIpc) is 0. The topological polar surface area (TPSA) is 0 Å². The summed E-state index contributed by atoms with van der Waals surface area (Å²) in [6.07, 6.45) is 0. The van der Waals surface area contributed by atoms with E-state index < -0.39 is 0 Å². The van der Waals surface area contributed by atoms with Gasteiger partial charge in [-0.1, -0.05) is 0 Å². The van der Waals surface area contributed by atoms with Crippen molar-refractivity contribution in [2.24, 2.45) is 0 Å². The first kappa shape index (κ1) is 39.0. The molecule has 0 aliphatic rings. The molecule has 0 spiro atoms. The summed E-state index contributed by atoms with van der Waals surface area (Å²) in [5.74, 6) is 0. The van der Waals surface area contributed by atoms with Crippen LogP contribution in [0.2, 0.25) is 0 Å². The van der Waals surface area contributed by atoms with Gasteiger partial charge >= 0.3 is 29.6 Å². The first-order valence-electron chi connectivity index (χ1n) is 0. The van der Waals surface area contributed by atoms with Crippen molar-refractivity contribution < 1.29 is 49.0 Å². The van der Waals surface area contributed by atoms with Crippen LogP contribution in [0, 0.1) is 7.43 Å². The van der Waals surface area contributed by atoms with Crippen molar-refractivity contribution in [3.8, 4) is 0 Å². The molecule has 0 radical (unpaired) electrons. The zero-order chi connectivity index (χ0) is 0. The molecule has 0 aromatic heterocycles. The molecule has 0 aliphatic carbocycles. The fourth-order valence-corrected chi connectivity index (χ4v) is 0. The van der Waals surface area contributed by atoms with Gasteiger partial charge in [0.05, 0.1) is 0 Å². The van der Waals surface area contributed by atoms with Crippen molar-refractivity contribution in [3.05, 3.63) is 7.43 Å². The largest absolute Gasteiger partial charge is 1.00 e. The van der Waals surface area contributed by atoms with E-state index in [2.05, 4.69) is 0 Å². The van der Waals surface area contributed by atoms with Crippen LogP contribution in [0.15, 0.2) is 0 Å². The minimum absolute atomic E-state index is 0. The molecule has 18 valence electrons. The van der Waals surface area contributed by atoms with Gasteiger partial charge in [-0.3, -0.25) is 0 Å². The third kappa shape index (κ3) is 9.07. The van der Waals surface area contributed by atoms with E-state index >= 15 is 0 Å². The SMILES string of the molecule is Cl.[CH3-].[Na+].[Zn]. The van der Waals surface area contributed by atoms with Crippen LogP contribution in [0.3, 0.4) is 0 Å². The first-order chi connectivity index (χ1) is 0. The van der Waals surface area contributed by atoms with Gasteiger partial charge in [0.15, 0.2) is 0 Å². The number of halogens is 1. The summed E-state index contributed by atoms with van der Waals surface area (Å²) in [4.78, 5) is 0. The van der Waals surface area contributed by atoms with Gasteiger partial charge < -0.3 is 7.43 Å². The van der Waals surface area contributed by atoms with Crippen LogP contribution >= 0.6 is 12.4 Å². The maximum atomic E-state index is 0. The van der Waals surface area contributed by atoms with Crippen LogP contribution in [0.5, 0.6) is 0 Å².